The first-order chi connectivity index (χ1) is 13.0. The Kier molecular flexibility index (Phi) is 6.13. The predicted octanol–water partition coefficient (Wildman–Crippen LogP) is 2.71. The lowest BCUT2D eigenvalue weighted by molar-refractivity contribution is -0.115. The molecule has 7 heteroatoms. The summed E-state index contributed by atoms with van der Waals surface area (Å²) in [7, 11) is -1.73. The molecule has 27 heavy (non-hydrogen) atoms. The molecule has 1 N–H and O–H groups in total. The van der Waals surface area contributed by atoms with Crippen molar-refractivity contribution in [1.29, 1.82) is 0 Å². The van der Waals surface area contributed by atoms with Crippen molar-refractivity contribution in [2.45, 2.75) is 23.8 Å². The van der Waals surface area contributed by atoms with Gasteiger partial charge in [0.2, 0.25) is 5.91 Å². The standard InChI is InChI=1S/C20H24N2O4S/c1-26-18-11-13-22(15-18)17-9-7-16(8-10-17)21-20(23)12-14-27(24,25)19-5-3-2-4-6-19/h2-10,18H,11-15H2,1H3,(H,21,23). The number of nitrogens with one attached hydrogen (secondary N) is 1. The molecule has 1 fully saturated rings. The highest BCUT2D eigenvalue weighted by Gasteiger charge is 2.22. The molecule has 0 saturated carbocycles. The molecular weight excluding hydrogens is 364 g/mol. The molecule has 1 amide bonds. The number of ether oxygens (including phenoxy) is 1. The van der Waals surface area contributed by atoms with E-state index in [0.29, 0.717) is 5.69 Å². The lowest BCUT2D eigenvalue weighted by atomic mass is 10.2. The predicted molar refractivity (Wildman–Crippen MR) is 106 cm³/mol. The maximum atomic E-state index is 12.2. The fourth-order valence-corrected chi connectivity index (χ4v) is 4.37. The second-order valence-electron chi connectivity index (χ2n) is 6.57. The topological polar surface area (TPSA) is 75.7 Å². The minimum absolute atomic E-state index is 0.0827. The zero-order valence-electron chi connectivity index (χ0n) is 15.3. The van der Waals surface area contributed by atoms with Gasteiger partial charge in [-0.2, -0.15) is 0 Å². The van der Waals surface area contributed by atoms with E-state index in [-0.39, 0.29) is 29.1 Å². The number of amides is 1. The second-order valence-corrected chi connectivity index (χ2v) is 8.68. The van der Waals surface area contributed by atoms with Crippen molar-refractivity contribution in [1.82, 2.24) is 0 Å². The minimum atomic E-state index is -3.45. The first-order valence-corrected chi connectivity index (χ1v) is 10.6. The first kappa shape index (κ1) is 19.4. The summed E-state index contributed by atoms with van der Waals surface area (Å²) >= 11 is 0. The third-order valence-electron chi connectivity index (χ3n) is 4.69. The van der Waals surface area contributed by atoms with Crippen LogP contribution in [0, 0.1) is 0 Å². The lowest BCUT2D eigenvalue weighted by Gasteiger charge is -2.18. The van der Waals surface area contributed by atoms with Gasteiger partial charge in [0.05, 0.1) is 16.8 Å². The molecule has 6 nitrogen and oxygen atoms in total. The quantitative estimate of drug-likeness (QED) is 0.789. The zero-order valence-corrected chi connectivity index (χ0v) is 16.1. The van der Waals surface area contributed by atoms with Gasteiger partial charge < -0.3 is 15.0 Å². The number of benzene rings is 2. The SMILES string of the molecule is COC1CCN(c2ccc(NC(=O)CCS(=O)(=O)c3ccccc3)cc2)C1. The van der Waals surface area contributed by atoms with Crippen LogP contribution >= 0.6 is 0 Å². The number of sulfone groups is 1. The minimum Gasteiger partial charge on any atom is -0.380 e. The van der Waals surface area contributed by atoms with Gasteiger partial charge in [-0.25, -0.2) is 8.42 Å². The Labute approximate surface area is 160 Å². The number of rotatable bonds is 7. The Morgan fingerprint density at radius 1 is 1.15 bits per heavy atom. The van der Waals surface area contributed by atoms with Gasteiger partial charge >= 0.3 is 0 Å². The molecule has 3 rings (SSSR count). The van der Waals surface area contributed by atoms with Crippen LogP contribution in [0.25, 0.3) is 0 Å². The van der Waals surface area contributed by atoms with Gasteiger partial charge in [0.15, 0.2) is 9.84 Å². The van der Waals surface area contributed by atoms with E-state index in [1.54, 1.807) is 37.4 Å². The van der Waals surface area contributed by atoms with Gasteiger partial charge in [-0.3, -0.25) is 4.79 Å². The summed E-state index contributed by atoms with van der Waals surface area (Å²) in [5.41, 5.74) is 1.74. The van der Waals surface area contributed by atoms with E-state index in [4.69, 9.17) is 4.74 Å². The van der Waals surface area contributed by atoms with Gasteiger partial charge in [0.25, 0.3) is 0 Å². The average Bonchev–Trinajstić information content (AvgIpc) is 3.17. The van der Waals surface area contributed by atoms with Crippen molar-refractivity contribution < 1.29 is 17.9 Å². The van der Waals surface area contributed by atoms with Crippen molar-refractivity contribution in [2.75, 3.05) is 36.2 Å². The lowest BCUT2D eigenvalue weighted by Crippen LogP contribution is -2.22. The molecule has 0 radical (unpaired) electrons. The van der Waals surface area contributed by atoms with E-state index in [0.717, 1.165) is 25.2 Å². The molecule has 0 spiro atoms. The van der Waals surface area contributed by atoms with Crippen molar-refractivity contribution in [3.8, 4) is 0 Å². The molecule has 1 heterocycles. The van der Waals surface area contributed by atoms with Crippen LogP contribution in [-0.4, -0.2) is 46.4 Å². The summed E-state index contributed by atoms with van der Waals surface area (Å²) in [6.45, 7) is 1.81. The van der Waals surface area contributed by atoms with Crippen LogP contribution in [0.5, 0.6) is 0 Å². The Bertz CT molecular complexity index is 867. The third kappa shape index (κ3) is 5.08. The van der Waals surface area contributed by atoms with Gasteiger partial charge in [0.1, 0.15) is 0 Å². The van der Waals surface area contributed by atoms with E-state index < -0.39 is 9.84 Å². The number of hydrogen-bond donors (Lipinski definition) is 1. The van der Waals surface area contributed by atoms with Gasteiger partial charge in [-0.1, -0.05) is 18.2 Å². The van der Waals surface area contributed by atoms with Crippen molar-refractivity contribution in [3.63, 3.8) is 0 Å². The van der Waals surface area contributed by atoms with E-state index in [1.807, 2.05) is 24.3 Å². The highest BCUT2D eigenvalue weighted by molar-refractivity contribution is 7.91. The summed E-state index contributed by atoms with van der Waals surface area (Å²) in [5, 5.41) is 2.76. The molecule has 0 aromatic heterocycles. The molecular formula is C20H24N2O4S. The summed E-state index contributed by atoms with van der Waals surface area (Å²) in [4.78, 5) is 14.6. The highest BCUT2D eigenvalue weighted by atomic mass is 32.2. The molecule has 2 aromatic rings. The van der Waals surface area contributed by atoms with Crippen LogP contribution in [0.15, 0.2) is 59.5 Å². The number of hydrogen-bond acceptors (Lipinski definition) is 5. The fourth-order valence-electron chi connectivity index (χ4n) is 3.11. The van der Waals surface area contributed by atoms with E-state index in [2.05, 4.69) is 10.2 Å². The summed E-state index contributed by atoms with van der Waals surface area (Å²) in [6, 6.07) is 15.7. The number of anilines is 2. The zero-order chi connectivity index (χ0) is 19.3. The Balaban J connectivity index is 1.52. The Morgan fingerprint density at radius 2 is 1.85 bits per heavy atom. The number of methoxy groups -OCH3 is 1. The molecule has 2 aromatic carbocycles. The molecule has 0 aliphatic carbocycles. The smallest absolute Gasteiger partial charge is 0.225 e. The molecule has 1 aliphatic rings. The van der Waals surface area contributed by atoms with Gasteiger partial charge in [-0.15, -0.1) is 0 Å². The normalized spacial score (nSPS) is 17.1. The van der Waals surface area contributed by atoms with Crippen LogP contribution in [0.4, 0.5) is 11.4 Å². The molecule has 1 aliphatic heterocycles. The van der Waals surface area contributed by atoms with Crippen molar-refractivity contribution in [3.05, 3.63) is 54.6 Å². The average molecular weight is 388 g/mol. The number of carbonyl (C=O) groups is 1. The Hall–Kier alpha value is -2.38. The molecule has 1 unspecified atom stereocenters. The van der Waals surface area contributed by atoms with Crippen molar-refractivity contribution >= 4 is 27.1 Å². The molecule has 1 saturated heterocycles. The first-order valence-electron chi connectivity index (χ1n) is 8.93. The van der Waals surface area contributed by atoms with Gasteiger partial charge in [0, 0.05) is 38.0 Å². The maximum absolute atomic E-state index is 12.2. The van der Waals surface area contributed by atoms with Crippen LogP contribution in [0.1, 0.15) is 12.8 Å². The number of nitrogens with zero attached hydrogens (tertiary/aromatic N) is 1. The van der Waals surface area contributed by atoms with Crippen molar-refractivity contribution in [2.24, 2.45) is 0 Å². The van der Waals surface area contributed by atoms with Crippen LogP contribution in [0.2, 0.25) is 0 Å². The second kappa shape index (κ2) is 8.54. The van der Waals surface area contributed by atoms with Crippen LogP contribution < -0.4 is 10.2 Å². The molecule has 144 valence electrons. The highest BCUT2D eigenvalue weighted by Crippen LogP contribution is 2.23. The van der Waals surface area contributed by atoms with E-state index in [1.165, 1.54) is 0 Å². The summed E-state index contributed by atoms with van der Waals surface area (Å²) < 4.78 is 29.9. The van der Waals surface area contributed by atoms with Gasteiger partial charge in [-0.05, 0) is 42.8 Å². The monoisotopic (exact) mass is 388 g/mol. The van der Waals surface area contributed by atoms with Crippen LogP contribution in [0.3, 0.4) is 0 Å². The molecule has 0 bridgehead atoms. The van der Waals surface area contributed by atoms with E-state index in [9.17, 15) is 13.2 Å². The summed E-state index contributed by atoms with van der Waals surface area (Å²) in [6.07, 6.45) is 1.18. The molecule has 1 atom stereocenters. The maximum Gasteiger partial charge on any atom is 0.225 e. The third-order valence-corrected chi connectivity index (χ3v) is 6.43. The van der Waals surface area contributed by atoms with E-state index >= 15 is 0 Å². The Morgan fingerprint density at radius 3 is 2.48 bits per heavy atom. The largest absolute Gasteiger partial charge is 0.380 e. The fraction of sp³-hybridized carbons (Fsp3) is 0.350. The number of carbonyl (C=O) groups excluding carboxylic acids is 1. The van der Waals surface area contributed by atoms with Crippen LogP contribution in [-0.2, 0) is 19.4 Å². The summed E-state index contributed by atoms with van der Waals surface area (Å²) in [5.74, 6) is -0.532.